The Morgan fingerprint density at radius 2 is 1.67 bits per heavy atom. The van der Waals surface area contributed by atoms with Crippen LogP contribution in [0.3, 0.4) is 0 Å². The summed E-state index contributed by atoms with van der Waals surface area (Å²) in [4.78, 5) is 5.31. The standard InChI is InChI=1S/C13H27N3.C2H6/c1-13(2,3)16-7-4-12(11-16)10-15-8-5-14-6-9-15;1-2/h12,14H,4-11H2,1-3H3;1-2H3/p+1/t12-;/m1./s1. The summed E-state index contributed by atoms with van der Waals surface area (Å²) in [5.41, 5.74) is 0.366. The van der Waals surface area contributed by atoms with Gasteiger partial charge in [-0.3, -0.25) is 9.80 Å². The van der Waals surface area contributed by atoms with Gasteiger partial charge in [-0.15, -0.1) is 0 Å². The SMILES string of the molecule is CC.CC(C)(C)N1CC[C@H](CN2CC[NH2+]CC2)C1. The highest BCUT2D eigenvalue weighted by molar-refractivity contribution is 4.86. The lowest BCUT2D eigenvalue weighted by Crippen LogP contribution is -2.89. The van der Waals surface area contributed by atoms with E-state index in [1.54, 1.807) is 0 Å². The fourth-order valence-corrected chi connectivity index (χ4v) is 2.94. The minimum Gasteiger partial charge on any atom is -0.344 e. The fraction of sp³-hybridized carbons (Fsp3) is 1.00. The van der Waals surface area contributed by atoms with Gasteiger partial charge in [-0.1, -0.05) is 13.8 Å². The van der Waals surface area contributed by atoms with E-state index in [1.807, 2.05) is 13.8 Å². The van der Waals surface area contributed by atoms with Gasteiger partial charge in [-0.25, -0.2) is 0 Å². The zero-order chi connectivity index (χ0) is 13.6. The van der Waals surface area contributed by atoms with E-state index in [0.29, 0.717) is 5.54 Å². The van der Waals surface area contributed by atoms with E-state index in [2.05, 4.69) is 35.9 Å². The molecule has 2 aliphatic heterocycles. The van der Waals surface area contributed by atoms with E-state index in [0.717, 1.165) is 5.92 Å². The predicted octanol–water partition coefficient (Wildman–Crippen LogP) is 1.01. The van der Waals surface area contributed by atoms with Crippen molar-refractivity contribution in [1.29, 1.82) is 0 Å². The molecule has 0 aromatic heterocycles. The van der Waals surface area contributed by atoms with E-state index >= 15 is 0 Å². The third kappa shape index (κ3) is 4.87. The zero-order valence-electron chi connectivity index (χ0n) is 13.2. The second-order valence-corrected chi connectivity index (χ2v) is 6.44. The number of rotatable bonds is 2. The maximum Gasteiger partial charge on any atom is 0.0885 e. The van der Waals surface area contributed by atoms with E-state index in [4.69, 9.17) is 0 Å². The van der Waals surface area contributed by atoms with E-state index in [9.17, 15) is 0 Å². The van der Waals surface area contributed by atoms with Crippen LogP contribution in [0.15, 0.2) is 0 Å². The van der Waals surface area contributed by atoms with Crippen LogP contribution in [0.2, 0.25) is 0 Å². The first-order valence-electron chi connectivity index (χ1n) is 7.85. The lowest BCUT2D eigenvalue weighted by Gasteiger charge is -2.32. The first kappa shape index (κ1) is 15.9. The molecule has 2 N–H and O–H groups in total. The van der Waals surface area contributed by atoms with Crippen LogP contribution in [0.4, 0.5) is 0 Å². The summed E-state index contributed by atoms with van der Waals surface area (Å²) in [6.07, 6.45) is 1.40. The van der Waals surface area contributed by atoms with E-state index < -0.39 is 0 Å². The zero-order valence-corrected chi connectivity index (χ0v) is 13.2. The smallest absolute Gasteiger partial charge is 0.0885 e. The molecule has 1 atom stereocenters. The Bertz CT molecular complexity index is 216. The molecular formula is C15H34N3+. The molecule has 0 aromatic rings. The van der Waals surface area contributed by atoms with Gasteiger partial charge in [-0.05, 0) is 39.7 Å². The Kier molecular flexibility index (Phi) is 6.61. The summed E-state index contributed by atoms with van der Waals surface area (Å²) in [5.74, 6) is 0.914. The van der Waals surface area contributed by atoms with Gasteiger partial charge in [0.05, 0.1) is 13.1 Å². The monoisotopic (exact) mass is 256 g/mol. The van der Waals surface area contributed by atoms with Crippen LogP contribution < -0.4 is 5.32 Å². The molecule has 0 bridgehead atoms. The van der Waals surface area contributed by atoms with Crippen molar-refractivity contribution in [3.63, 3.8) is 0 Å². The highest BCUT2D eigenvalue weighted by Crippen LogP contribution is 2.24. The van der Waals surface area contributed by atoms with Gasteiger partial charge in [0.1, 0.15) is 0 Å². The molecule has 108 valence electrons. The maximum atomic E-state index is 2.66. The van der Waals surface area contributed by atoms with Gasteiger partial charge in [0.15, 0.2) is 0 Å². The van der Waals surface area contributed by atoms with Crippen molar-refractivity contribution in [3.8, 4) is 0 Å². The first-order chi connectivity index (χ1) is 8.55. The highest BCUT2D eigenvalue weighted by Gasteiger charge is 2.31. The maximum absolute atomic E-state index is 2.66. The molecule has 0 radical (unpaired) electrons. The summed E-state index contributed by atoms with van der Waals surface area (Å²) in [6.45, 7) is 20.2. The highest BCUT2D eigenvalue weighted by atomic mass is 15.2. The molecule has 0 saturated carbocycles. The van der Waals surface area contributed by atoms with Crippen LogP contribution in [0.5, 0.6) is 0 Å². The van der Waals surface area contributed by atoms with Crippen molar-refractivity contribution in [2.24, 2.45) is 5.92 Å². The lowest BCUT2D eigenvalue weighted by atomic mass is 10.1. The molecule has 3 nitrogen and oxygen atoms in total. The Morgan fingerprint density at radius 1 is 1.06 bits per heavy atom. The van der Waals surface area contributed by atoms with Crippen LogP contribution in [0.1, 0.15) is 41.0 Å². The molecule has 2 aliphatic rings. The average Bonchev–Trinajstić information content (AvgIpc) is 2.81. The van der Waals surface area contributed by atoms with E-state index in [-0.39, 0.29) is 0 Å². The van der Waals surface area contributed by atoms with Crippen molar-refractivity contribution < 1.29 is 5.32 Å². The largest absolute Gasteiger partial charge is 0.344 e. The number of hydrogen-bond acceptors (Lipinski definition) is 2. The number of likely N-dealkylation sites (tertiary alicyclic amines) is 1. The van der Waals surface area contributed by atoms with Gasteiger partial charge in [0, 0.05) is 31.7 Å². The number of nitrogens with two attached hydrogens (primary N) is 1. The van der Waals surface area contributed by atoms with Crippen LogP contribution in [-0.4, -0.2) is 61.2 Å². The average molecular weight is 256 g/mol. The second-order valence-electron chi connectivity index (χ2n) is 6.44. The minimum absolute atomic E-state index is 0.366. The number of nitrogens with zero attached hydrogens (tertiary/aromatic N) is 2. The normalized spacial score (nSPS) is 26.8. The molecule has 2 saturated heterocycles. The van der Waals surface area contributed by atoms with Gasteiger partial charge in [0.2, 0.25) is 0 Å². The lowest BCUT2D eigenvalue weighted by molar-refractivity contribution is -0.663. The topological polar surface area (TPSA) is 23.1 Å². The Morgan fingerprint density at radius 3 is 2.17 bits per heavy atom. The predicted molar refractivity (Wildman–Crippen MR) is 78.9 cm³/mol. The summed E-state index contributed by atoms with van der Waals surface area (Å²) < 4.78 is 0. The second kappa shape index (κ2) is 7.46. The molecule has 2 fully saturated rings. The number of piperazine rings is 1. The molecule has 0 spiro atoms. The van der Waals surface area contributed by atoms with Gasteiger partial charge >= 0.3 is 0 Å². The Balaban J connectivity index is 0.000000771. The van der Waals surface area contributed by atoms with Crippen LogP contribution in [-0.2, 0) is 0 Å². The van der Waals surface area contributed by atoms with Gasteiger partial charge in [-0.2, -0.15) is 0 Å². The Hall–Kier alpha value is -0.120. The third-order valence-electron chi connectivity index (χ3n) is 4.05. The first-order valence-corrected chi connectivity index (χ1v) is 7.85. The molecule has 0 aromatic carbocycles. The Labute approximate surface area is 114 Å². The van der Waals surface area contributed by atoms with Crippen molar-refractivity contribution in [3.05, 3.63) is 0 Å². The van der Waals surface area contributed by atoms with Crippen LogP contribution >= 0.6 is 0 Å². The fourth-order valence-electron chi connectivity index (χ4n) is 2.94. The van der Waals surface area contributed by atoms with E-state index in [1.165, 1.54) is 52.2 Å². The number of quaternary nitrogens is 1. The minimum atomic E-state index is 0.366. The van der Waals surface area contributed by atoms with Crippen molar-refractivity contribution in [2.45, 2.75) is 46.6 Å². The summed E-state index contributed by atoms with van der Waals surface area (Å²) in [7, 11) is 0. The van der Waals surface area contributed by atoms with Crippen LogP contribution in [0.25, 0.3) is 0 Å². The molecule has 18 heavy (non-hydrogen) atoms. The molecule has 0 unspecified atom stereocenters. The summed E-state index contributed by atoms with van der Waals surface area (Å²) in [6, 6.07) is 0. The van der Waals surface area contributed by atoms with Crippen molar-refractivity contribution >= 4 is 0 Å². The van der Waals surface area contributed by atoms with Crippen molar-refractivity contribution in [2.75, 3.05) is 45.8 Å². The molecule has 0 aliphatic carbocycles. The summed E-state index contributed by atoms with van der Waals surface area (Å²) >= 11 is 0. The molecule has 3 heteroatoms. The van der Waals surface area contributed by atoms with Crippen LogP contribution in [0, 0.1) is 5.92 Å². The van der Waals surface area contributed by atoms with Gasteiger partial charge in [0.25, 0.3) is 0 Å². The molecule has 0 amide bonds. The van der Waals surface area contributed by atoms with Crippen molar-refractivity contribution in [1.82, 2.24) is 9.80 Å². The number of hydrogen-bond donors (Lipinski definition) is 1. The quantitative estimate of drug-likeness (QED) is 0.797. The third-order valence-corrected chi connectivity index (χ3v) is 4.05. The molecule has 2 rings (SSSR count). The van der Waals surface area contributed by atoms with Gasteiger partial charge < -0.3 is 5.32 Å². The summed E-state index contributed by atoms with van der Waals surface area (Å²) in [5, 5.41) is 2.44. The molecule has 2 heterocycles. The molecular weight excluding hydrogens is 222 g/mol.